The second kappa shape index (κ2) is 41.4. The summed E-state index contributed by atoms with van der Waals surface area (Å²) in [5.74, 6) is -3.04. The maximum absolute atomic E-state index is 12.6. The van der Waals surface area contributed by atoms with E-state index >= 15 is 0 Å². The molecule has 5 fully saturated rings. The van der Waals surface area contributed by atoms with Crippen LogP contribution in [0.15, 0.2) is 158 Å². The van der Waals surface area contributed by atoms with Crippen molar-refractivity contribution in [3.8, 4) is 11.5 Å². The largest absolute Gasteiger partial charge is 0.505 e. The second-order valence-corrected chi connectivity index (χ2v) is 26.2. The zero-order valence-corrected chi connectivity index (χ0v) is 60.6. The van der Waals surface area contributed by atoms with Gasteiger partial charge in [-0.3, -0.25) is 58.8 Å². The highest BCUT2D eigenvalue weighted by molar-refractivity contribution is 6.00. The summed E-state index contributed by atoms with van der Waals surface area (Å²) in [7, 11) is 0. The summed E-state index contributed by atoms with van der Waals surface area (Å²) in [5, 5.41) is 45.5. The lowest BCUT2D eigenvalue weighted by Gasteiger charge is -2.35. The van der Waals surface area contributed by atoms with Crippen molar-refractivity contribution in [2.45, 2.75) is 60.2 Å². The van der Waals surface area contributed by atoms with Gasteiger partial charge >= 0.3 is 23.8 Å². The molecule has 7 aromatic rings. The number of nitrogen functional groups attached to an aromatic ring is 1. The number of nitro groups is 1. The Labute approximate surface area is 626 Å². The number of ether oxygens (including phenoxy) is 2. The average molecular weight is 1490 g/mol. The number of nitrogens with two attached hydrogens (primary N) is 1. The van der Waals surface area contributed by atoms with Crippen LogP contribution in [0, 0.1) is 10.1 Å². The van der Waals surface area contributed by atoms with Crippen molar-refractivity contribution in [1.82, 2.24) is 74.8 Å². The van der Waals surface area contributed by atoms with Gasteiger partial charge in [-0.15, -0.1) is 0 Å². The van der Waals surface area contributed by atoms with E-state index in [1.165, 1.54) is 41.6 Å². The van der Waals surface area contributed by atoms with Crippen LogP contribution in [0.25, 0.3) is 0 Å². The molecule has 2 aromatic carbocycles. The van der Waals surface area contributed by atoms with Gasteiger partial charge in [0.25, 0.3) is 35.4 Å². The molecule has 5 aliphatic rings. The lowest BCUT2D eigenvalue weighted by molar-refractivity contribution is -0.385. The minimum atomic E-state index is -0.990. The monoisotopic (exact) mass is 1490 g/mol. The van der Waals surface area contributed by atoms with Crippen LogP contribution >= 0.6 is 0 Å². The van der Waals surface area contributed by atoms with Crippen LogP contribution in [-0.2, 0) is 9.47 Å². The zero-order valence-electron chi connectivity index (χ0n) is 60.6. The Bertz CT molecular complexity index is 4090. The third-order valence-electron chi connectivity index (χ3n) is 16.3. The van der Waals surface area contributed by atoms with E-state index in [4.69, 9.17) is 20.3 Å². The summed E-state index contributed by atoms with van der Waals surface area (Å²) in [6, 6.07) is 34.2. The van der Waals surface area contributed by atoms with E-state index < -0.39 is 33.8 Å². The van der Waals surface area contributed by atoms with Gasteiger partial charge in [-0.05, 0) is 120 Å². The highest BCUT2D eigenvalue weighted by Crippen LogP contribution is 2.31. The number of aromatic nitrogens is 5. The first-order valence-electron chi connectivity index (χ1n) is 34.6. The molecule has 5 aromatic heterocycles. The number of aromatic hydroxyl groups is 2. The van der Waals surface area contributed by atoms with Crippen LogP contribution in [0.3, 0.4) is 0 Å². The van der Waals surface area contributed by atoms with Gasteiger partial charge in [0, 0.05) is 168 Å². The summed E-state index contributed by atoms with van der Waals surface area (Å²) in [6.45, 7) is 22.4. The van der Waals surface area contributed by atoms with Gasteiger partial charge in [0.1, 0.15) is 39.7 Å². The molecule has 108 heavy (non-hydrogen) atoms. The first-order chi connectivity index (χ1) is 51.1. The smallest absolute Gasteiger partial charge is 0.410 e. The number of phenolic OH excluding ortho intramolecular Hbond substituents is 2. The fourth-order valence-electron chi connectivity index (χ4n) is 10.7. The van der Waals surface area contributed by atoms with E-state index in [1.807, 2.05) is 58.6 Å². The highest BCUT2D eigenvalue weighted by atomic mass is 16.6. The molecule has 0 radical (unpaired) electrons. The summed E-state index contributed by atoms with van der Waals surface area (Å²) in [5.41, 5.74) is 6.24. The lowest BCUT2D eigenvalue weighted by atomic mass is 10.1. The normalized spacial score (nSPS) is 14.8. The molecule has 33 heteroatoms. The lowest BCUT2D eigenvalue weighted by Crippen LogP contribution is -2.51. The molecule has 576 valence electrons. The average Bonchev–Trinajstić information content (AvgIpc) is 0.817. The molecular formula is C75H95N17O16. The predicted octanol–water partition coefficient (Wildman–Crippen LogP) is 6.41. The Morgan fingerprint density at radius 3 is 0.944 bits per heavy atom. The number of carbonyl (C=O) groups is 9. The number of benzene rings is 2. The summed E-state index contributed by atoms with van der Waals surface area (Å²) in [4.78, 5) is 151. The van der Waals surface area contributed by atoms with Crippen molar-refractivity contribution in [3.05, 3.63) is 208 Å². The minimum absolute atomic E-state index is 0. The summed E-state index contributed by atoms with van der Waals surface area (Å²) in [6.07, 6.45) is 7.29. The predicted molar refractivity (Wildman–Crippen MR) is 399 cm³/mol. The standard InChI is InChI=1S/C17H16N4O5.C17H18N4O3.C15H21N3O3.C10H13N3O.C9H18N2O2.C6H5NO2.CH4/c22-15-12(4-3-6-14(15)21(25)26)16(23)19-8-10-20(11-9-19)17(24)13-5-1-2-7-18-13;18-13-5-3-4-12(15(13)22)16(23)20-8-10-21(11-9-20)17(24)14-6-1-2-7-19-14;1-15(2,3)21-14(20)18-10-8-17(9-11-18)13(19)12-6-4-5-7-16-12;14-10(9-3-1-2-4-12-9)13-7-5-11-6-8-13;1-9(2,3)13-8(12)11-6-4-10-5-7-11;8-6(9)5-3-1-2-4-7-5;/h1-7,22H,8-11H2;1-7,22H,8-11,18H2;4-7H,8-11H2,1-3H3;1-4,11H,5-8H2;10H,4-7H2,1-3H3;1-4H,(H,8,9);1H4. The number of phenols is 2. The molecule has 0 unspecified atom stereocenters. The van der Waals surface area contributed by atoms with Crippen molar-refractivity contribution in [1.29, 1.82) is 0 Å². The van der Waals surface area contributed by atoms with E-state index in [0.717, 1.165) is 58.4 Å². The molecule has 10 heterocycles. The number of para-hydroxylation sites is 2. The maximum atomic E-state index is 12.6. The second-order valence-electron chi connectivity index (χ2n) is 26.2. The Kier molecular flexibility index (Phi) is 32.5. The molecule has 5 aliphatic heterocycles. The number of nitrogens with one attached hydrogen (secondary N) is 2. The number of hydrogen-bond acceptors (Lipinski definition) is 23. The fraction of sp³-hybridized carbons (Fsp3) is 0.387. The number of carbonyl (C=O) groups excluding carboxylic acids is 8. The van der Waals surface area contributed by atoms with Crippen LogP contribution in [-0.4, -0.2) is 280 Å². The third kappa shape index (κ3) is 26.1. The van der Waals surface area contributed by atoms with Crippen molar-refractivity contribution in [2.75, 3.05) is 137 Å². The van der Waals surface area contributed by atoms with Gasteiger partial charge in [0.15, 0.2) is 5.75 Å². The molecule has 0 aliphatic carbocycles. The molecule has 0 atom stereocenters. The minimum Gasteiger partial charge on any atom is -0.505 e. The van der Waals surface area contributed by atoms with E-state index in [2.05, 4.69) is 35.6 Å². The number of aromatic carboxylic acids is 1. The summed E-state index contributed by atoms with van der Waals surface area (Å²) >= 11 is 0. The van der Waals surface area contributed by atoms with Crippen molar-refractivity contribution < 1.29 is 72.9 Å². The molecule has 0 spiro atoms. The number of pyridine rings is 5. The molecular weight excluding hydrogens is 1390 g/mol. The number of carboxylic acids is 1. The Morgan fingerprint density at radius 2 is 0.657 bits per heavy atom. The van der Waals surface area contributed by atoms with Gasteiger partial charge in [0.2, 0.25) is 5.75 Å². The molecule has 8 amide bonds. The highest BCUT2D eigenvalue weighted by Gasteiger charge is 2.33. The number of rotatable bonds is 8. The fourth-order valence-corrected chi connectivity index (χ4v) is 10.7. The number of nitrogens with zero attached hydrogens (tertiary/aromatic N) is 14. The molecule has 0 bridgehead atoms. The Hall–Kier alpha value is -12.3. The van der Waals surface area contributed by atoms with E-state index in [-0.39, 0.29) is 96.1 Å². The number of anilines is 1. The van der Waals surface area contributed by atoms with Gasteiger partial charge in [0.05, 0.1) is 21.7 Å². The van der Waals surface area contributed by atoms with Gasteiger partial charge in [-0.2, -0.15) is 0 Å². The van der Waals surface area contributed by atoms with E-state index in [9.17, 15) is 63.5 Å². The van der Waals surface area contributed by atoms with Gasteiger partial charge in [-0.25, -0.2) is 19.4 Å². The van der Waals surface area contributed by atoms with E-state index in [1.54, 1.807) is 133 Å². The Morgan fingerprint density at radius 1 is 0.389 bits per heavy atom. The van der Waals surface area contributed by atoms with Crippen molar-refractivity contribution >= 4 is 65.0 Å². The number of carboxylic acid groups (broad SMARTS) is 1. The van der Waals surface area contributed by atoms with E-state index in [0.29, 0.717) is 88.2 Å². The third-order valence-corrected chi connectivity index (χ3v) is 16.3. The quantitative estimate of drug-likeness (QED) is 0.0414. The molecule has 33 nitrogen and oxygen atoms in total. The van der Waals surface area contributed by atoms with Crippen LogP contribution < -0.4 is 16.4 Å². The zero-order chi connectivity index (χ0) is 77.6. The SMILES string of the molecule is C.CC(C)(C)OC(=O)N1CCN(C(=O)c2ccccn2)CC1.CC(C)(C)OC(=O)N1CCNCC1.Nc1cccc(C(=O)N2CCN(C(=O)c3ccccn3)CC2)c1O.O=C(O)c1ccccn1.O=C(c1ccccn1)N1CCN(C(=O)c2cccc([N+](=O)[O-])c2O)CC1.O=C(c1ccccn1)N1CCNCC1. The van der Waals surface area contributed by atoms with Crippen molar-refractivity contribution in [2.24, 2.45) is 0 Å². The van der Waals surface area contributed by atoms with Gasteiger partial charge < -0.3 is 80.4 Å². The number of nitro benzene ring substituents is 1. The van der Waals surface area contributed by atoms with Crippen LogP contribution in [0.4, 0.5) is 21.0 Å². The first-order valence-corrected chi connectivity index (χ1v) is 34.6. The molecule has 12 rings (SSSR count). The molecule has 7 N–H and O–H groups in total. The van der Waals surface area contributed by atoms with Crippen LogP contribution in [0.2, 0.25) is 0 Å². The molecule has 0 saturated carbocycles. The number of hydrogen-bond donors (Lipinski definition) is 6. The Balaban J connectivity index is 0.000000208. The number of amides is 8. The maximum Gasteiger partial charge on any atom is 0.410 e. The van der Waals surface area contributed by atoms with Crippen LogP contribution in [0.1, 0.15) is 122 Å². The first kappa shape index (κ1) is 84.7. The van der Waals surface area contributed by atoms with Crippen LogP contribution in [0.5, 0.6) is 11.5 Å². The summed E-state index contributed by atoms with van der Waals surface area (Å²) < 4.78 is 10.6. The molecule has 5 saturated heterocycles. The topological polar surface area (TPSA) is 416 Å². The van der Waals surface area contributed by atoms with Crippen molar-refractivity contribution in [3.63, 3.8) is 0 Å². The number of piperazine rings is 5. The van der Waals surface area contributed by atoms with Gasteiger partial charge in [-0.1, -0.05) is 49.9 Å².